The van der Waals surface area contributed by atoms with Crippen molar-refractivity contribution in [2.45, 2.75) is 112 Å². The van der Waals surface area contributed by atoms with Crippen molar-refractivity contribution in [2.75, 3.05) is 39.6 Å². The lowest BCUT2D eigenvalue weighted by atomic mass is 9.78. The first-order valence-corrected chi connectivity index (χ1v) is 30.8. The van der Waals surface area contributed by atoms with E-state index in [2.05, 4.69) is 39.8 Å². The molecule has 0 saturated heterocycles. The number of carbonyl (C=O) groups excluding carboxylic acids is 2. The van der Waals surface area contributed by atoms with Crippen LogP contribution in [0.15, 0.2) is 206 Å². The van der Waals surface area contributed by atoms with E-state index in [1.54, 1.807) is 0 Å². The van der Waals surface area contributed by atoms with E-state index in [4.69, 9.17) is 28.4 Å². The zero-order chi connectivity index (χ0) is 63.8. The van der Waals surface area contributed by atoms with Gasteiger partial charge in [-0.1, -0.05) is 229 Å². The van der Waals surface area contributed by atoms with Crippen molar-refractivity contribution in [3.63, 3.8) is 0 Å². The van der Waals surface area contributed by atoms with Crippen molar-refractivity contribution in [3.8, 4) is 23.0 Å². The Morgan fingerprint density at radius 2 is 0.523 bits per heavy atom. The van der Waals surface area contributed by atoms with E-state index in [1.807, 2.05) is 250 Å². The molecule has 10 aromatic carbocycles. The van der Waals surface area contributed by atoms with Crippen molar-refractivity contribution in [1.82, 2.24) is 0 Å². The monoisotopic (exact) mass is 1190 g/mol. The van der Waals surface area contributed by atoms with Gasteiger partial charge in [-0.05, 0) is 126 Å². The van der Waals surface area contributed by atoms with Gasteiger partial charge in [-0.15, -0.1) is 0 Å². The van der Waals surface area contributed by atoms with Gasteiger partial charge in [0.05, 0.1) is 11.1 Å². The van der Waals surface area contributed by atoms with Crippen LogP contribution in [-0.4, -0.2) is 85.2 Å². The Morgan fingerprint density at radius 1 is 0.318 bits per heavy atom. The number of rotatable bonds is 22. The molecule has 11 heteroatoms. The minimum Gasteiger partial charge on any atom is -0.491 e. The maximum Gasteiger partial charge on any atom is 0.339 e. The first-order chi connectivity index (χ1) is 42.7. The van der Waals surface area contributed by atoms with E-state index < -0.39 is 30.3 Å². The predicted molar refractivity (Wildman–Crippen MR) is 359 cm³/mol. The van der Waals surface area contributed by atoms with Crippen LogP contribution in [0.2, 0.25) is 0 Å². The maximum absolute atomic E-state index is 13.4. The molecule has 0 bridgehead atoms. The molecule has 0 aliphatic heterocycles. The smallest absolute Gasteiger partial charge is 0.339 e. The van der Waals surface area contributed by atoms with Crippen LogP contribution in [0.1, 0.15) is 126 Å². The molecular formula is C77H88O11. The van der Waals surface area contributed by atoms with Crippen LogP contribution in [0.5, 0.6) is 23.0 Å². The Hall–Kier alpha value is -8.74. The van der Waals surface area contributed by atoms with Gasteiger partial charge < -0.3 is 43.7 Å². The van der Waals surface area contributed by atoms with Crippen LogP contribution in [0.4, 0.5) is 0 Å². The Balaban J connectivity index is 0.00000148. The third-order valence-electron chi connectivity index (χ3n) is 14.8. The van der Waals surface area contributed by atoms with Crippen molar-refractivity contribution in [2.24, 2.45) is 0 Å². The lowest BCUT2D eigenvalue weighted by molar-refractivity contribution is 0.0130. The molecule has 462 valence electrons. The summed E-state index contributed by atoms with van der Waals surface area (Å²) in [5.74, 6) is 1.41. The third kappa shape index (κ3) is 17.3. The molecule has 0 fully saturated rings. The highest BCUT2D eigenvalue weighted by molar-refractivity contribution is 6.17. The molecular weight excluding hydrogens is 1100 g/mol. The Bertz CT molecular complexity index is 3400. The van der Waals surface area contributed by atoms with Crippen molar-refractivity contribution in [1.29, 1.82) is 0 Å². The second-order valence-electron chi connectivity index (χ2n) is 21.1. The summed E-state index contributed by atoms with van der Waals surface area (Å²) in [4.78, 5) is 26.8. The Kier molecular flexibility index (Phi) is 26.0. The lowest BCUT2D eigenvalue weighted by Crippen LogP contribution is -2.25. The fourth-order valence-electron chi connectivity index (χ4n) is 10.1. The van der Waals surface area contributed by atoms with Gasteiger partial charge in [-0.25, -0.2) is 9.59 Å². The molecule has 11 nitrogen and oxygen atoms in total. The second-order valence-corrected chi connectivity index (χ2v) is 21.1. The standard InChI is InChI=1S/C69H64O11.4C2H6/c1-68(2,51-25-33-58(34-26-51)77-41-54(71)43-79-66(73)64-60-17-9-5-13-45(60)37-46-14-6-10-18-61(46)64)49-21-29-56(30-22-49)75-39-53(70)40-76-57-31-23-50(24-32-57)69(3,4)52-27-35-59(36-28-52)78-42-55(72)44-80-67(74)65-62-19-11-7-15-47(62)38-48-16-8-12-20-63(48)65;4*1-2/h5-38,53-55,70-72H,39-44H2,1-4H3;4*1-2H3. The van der Waals surface area contributed by atoms with Crippen LogP contribution in [0.3, 0.4) is 0 Å². The van der Waals surface area contributed by atoms with Crippen molar-refractivity contribution >= 4 is 55.0 Å². The number of ether oxygens (including phenoxy) is 6. The predicted octanol–water partition coefficient (Wildman–Crippen LogP) is 17.1. The highest BCUT2D eigenvalue weighted by Gasteiger charge is 2.26. The number of carbonyl (C=O) groups is 2. The van der Waals surface area contributed by atoms with Crippen LogP contribution in [0, 0.1) is 0 Å². The van der Waals surface area contributed by atoms with Gasteiger partial charge in [0.15, 0.2) is 0 Å². The van der Waals surface area contributed by atoms with Gasteiger partial charge in [0.1, 0.15) is 81.0 Å². The topological polar surface area (TPSA) is 150 Å². The summed E-state index contributed by atoms with van der Waals surface area (Å²) in [5, 5.41) is 39.2. The quantitative estimate of drug-likeness (QED) is 0.0440. The fourth-order valence-corrected chi connectivity index (χ4v) is 10.1. The van der Waals surface area contributed by atoms with Crippen molar-refractivity contribution in [3.05, 3.63) is 240 Å². The highest BCUT2D eigenvalue weighted by Crippen LogP contribution is 2.36. The largest absolute Gasteiger partial charge is 0.491 e. The Labute approximate surface area is 520 Å². The SMILES string of the molecule is CC.CC.CC.CC.CC(C)(c1ccc(OCC(O)COC(=O)c2c3ccccc3cc3ccccc23)cc1)c1ccc(OCC(O)COc2ccc(C(C)(C)c3ccc(OCC(O)COC(=O)c4c5ccccc5cc5ccccc45)cc3)cc2)cc1. The summed E-state index contributed by atoms with van der Waals surface area (Å²) in [5.41, 5.74) is 4.47. The molecule has 0 saturated carbocycles. The molecule has 88 heavy (non-hydrogen) atoms. The van der Waals surface area contributed by atoms with E-state index in [0.29, 0.717) is 34.1 Å². The third-order valence-corrected chi connectivity index (χ3v) is 14.8. The second kappa shape index (κ2) is 33.4. The number of benzene rings is 10. The number of hydrogen-bond donors (Lipinski definition) is 3. The molecule has 2 atom stereocenters. The Morgan fingerprint density at radius 3 is 0.750 bits per heavy atom. The van der Waals surface area contributed by atoms with E-state index in [1.165, 1.54) is 0 Å². The van der Waals surface area contributed by atoms with E-state index in [0.717, 1.165) is 65.3 Å². The summed E-state index contributed by atoms with van der Waals surface area (Å²) in [6.45, 7) is 24.1. The van der Waals surface area contributed by atoms with Crippen LogP contribution in [0.25, 0.3) is 43.1 Å². The zero-order valence-electron chi connectivity index (χ0n) is 53.2. The van der Waals surface area contributed by atoms with E-state index in [9.17, 15) is 24.9 Å². The minimum atomic E-state index is -1.03. The van der Waals surface area contributed by atoms with Crippen LogP contribution < -0.4 is 18.9 Å². The molecule has 0 aliphatic rings. The van der Waals surface area contributed by atoms with Crippen LogP contribution >= 0.6 is 0 Å². The summed E-state index contributed by atoms with van der Waals surface area (Å²) < 4.78 is 34.9. The van der Waals surface area contributed by atoms with Crippen molar-refractivity contribution < 1.29 is 53.3 Å². The molecule has 3 N–H and O–H groups in total. The van der Waals surface area contributed by atoms with Gasteiger partial charge in [0, 0.05) is 10.8 Å². The summed E-state index contributed by atoms with van der Waals surface area (Å²) in [7, 11) is 0. The van der Waals surface area contributed by atoms with Gasteiger partial charge in [0.2, 0.25) is 0 Å². The van der Waals surface area contributed by atoms with Gasteiger partial charge in [-0.3, -0.25) is 0 Å². The minimum absolute atomic E-state index is 0.0451. The first-order valence-electron chi connectivity index (χ1n) is 30.8. The lowest BCUT2D eigenvalue weighted by Gasteiger charge is -2.27. The molecule has 0 heterocycles. The molecule has 10 rings (SSSR count). The number of hydrogen-bond acceptors (Lipinski definition) is 11. The molecule has 10 aromatic rings. The van der Waals surface area contributed by atoms with Gasteiger partial charge in [-0.2, -0.15) is 0 Å². The number of esters is 2. The summed E-state index contributed by atoms with van der Waals surface area (Å²) >= 11 is 0. The normalized spacial score (nSPS) is 12.0. The first kappa shape index (κ1) is 68.4. The van der Waals surface area contributed by atoms with E-state index in [-0.39, 0.29) is 50.5 Å². The average molecular weight is 1190 g/mol. The molecule has 0 aliphatic carbocycles. The number of fused-ring (bicyclic) bond motifs is 4. The maximum atomic E-state index is 13.4. The summed E-state index contributed by atoms with van der Waals surface area (Å²) in [6, 6.07) is 65.9. The zero-order valence-corrected chi connectivity index (χ0v) is 53.2. The fraction of sp³-hybridized carbons (Fsp3) is 0.299. The number of aliphatic hydroxyl groups excluding tert-OH is 3. The molecule has 0 radical (unpaired) electrons. The molecule has 0 amide bonds. The van der Waals surface area contributed by atoms with Gasteiger partial charge >= 0.3 is 11.9 Å². The van der Waals surface area contributed by atoms with Crippen LogP contribution in [-0.2, 0) is 20.3 Å². The van der Waals surface area contributed by atoms with Gasteiger partial charge in [0.25, 0.3) is 0 Å². The van der Waals surface area contributed by atoms with E-state index >= 15 is 0 Å². The summed E-state index contributed by atoms with van der Waals surface area (Å²) in [6.07, 6.45) is -2.93. The molecule has 0 spiro atoms. The molecule has 0 aromatic heterocycles. The average Bonchev–Trinajstić information content (AvgIpc) is 1.32. The molecule has 2 unspecified atom stereocenters. The number of aliphatic hydroxyl groups is 3. The highest BCUT2D eigenvalue weighted by atomic mass is 16.6.